The molecule has 1 aromatic heterocycles. The van der Waals surface area contributed by atoms with Crippen molar-refractivity contribution in [3.8, 4) is 11.4 Å². The van der Waals surface area contributed by atoms with Crippen LogP contribution in [0, 0.1) is 6.92 Å². The number of amides is 1. The molecular formula is C21H20ClN3O2S. The van der Waals surface area contributed by atoms with Crippen molar-refractivity contribution >= 4 is 35.1 Å². The van der Waals surface area contributed by atoms with Crippen LogP contribution in [0.1, 0.15) is 29.0 Å². The van der Waals surface area contributed by atoms with Crippen LogP contribution in [0.25, 0.3) is 5.69 Å². The van der Waals surface area contributed by atoms with Crippen LogP contribution in [0.5, 0.6) is 5.75 Å². The summed E-state index contributed by atoms with van der Waals surface area (Å²) >= 11 is 7.99. The second-order valence-electron chi connectivity index (χ2n) is 6.42. The maximum absolute atomic E-state index is 12.5. The molecule has 0 bridgehead atoms. The molecule has 0 spiro atoms. The first-order chi connectivity index (χ1) is 13.6. The third kappa shape index (κ3) is 3.38. The average Bonchev–Trinajstić information content (AvgIpc) is 2.89. The monoisotopic (exact) mass is 413 g/mol. The number of hydrogen-bond acceptors (Lipinski definition) is 4. The number of para-hydroxylation sites is 2. The molecule has 3 aromatic rings. The summed E-state index contributed by atoms with van der Waals surface area (Å²) in [7, 11) is 0. The number of benzene rings is 2. The fourth-order valence-electron chi connectivity index (χ4n) is 3.41. The third-order valence-corrected chi connectivity index (χ3v) is 6.16. The van der Waals surface area contributed by atoms with Gasteiger partial charge < -0.3 is 10.1 Å². The molecule has 0 saturated heterocycles. The topological polar surface area (TPSA) is 56.1 Å². The lowest BCUT2D eigenvalue weighted by Gasteiger charge is -2.19. The molecule has 5 nitrogen and oxygen atoms in total. The molecule has 0 fully saturated rings. The van der Waals surface area contributed by atoms with E-state index in [4.69, 9.17) is 21.4 Å². The van der Waals surface area contributed by atoms with E-state index in [9.17, 15) is 4.79 Å². The van der Waals surface area contributed by atoms with Gasteiger partial charge in [-0.05, 0) is 32.0 Å². The van der Waals surface area contributed by atoms with E-state index in [1.807, 2.05) is 56.3 Å². The third-order valence-electron chi connectivity index (χ3n) is 4.59. The lowest BCUT2D eigenvalue weighted by atomic mass is 10.0. The molecule has 1 atom stereocenters. The van der Waals surface area contributed by atoms with Gasteiger partial charge in [0, 0.05) is 11.1 Å². The number of anilines is 1. The molecule has 4 rings (SSSR count). The SMILES string of the molecule is CCOc1ccccc1[C@@H]1SCC(=O)Nc2c1c(C)nn2-c1ccccc1Cl. The Morgan fingerprint density at radius 1 is 1.25 bits per heavy atom. The number of aromatic nitrogens is 2. The zero-order valence-corrected chi connectivity index (χ0v) is 17.2. The van der Waals surface area contributed by atoms with Crippen molar-refractivity contribution in [1.82, 2.24) is 9.78 Å². The van der Waals surface area contributed by atoms with Gasteiger partial charge in [-0.3, -0.25) is 4.79 Å². The van der Waals surface area contributed by atoms with E-state index in [0.717, 1.165) is 28.3 Å². The molecule has 144 valence electrons. The second kappa shape index (κ2) is 7.89. The zero-order valence-electron chi connectivity index (χ0n) is 15.6. The van der Waals surface area contributed by atoms with Crippen LogP contribution in [0.4, 0.5) is 5.82 Å². The molecule has 1 amide bonds. The van der Waals surface area contributed by atoms with Crippen LogP contribution in [-0.4, -0.2) is 28.0 Å². The molecule has 0 saturated carbocycles. The summed E-state index contributed by atoms with van der Waals surface area (Å²) in [5, 5.41) is 8.24. The van der Waals surface area contributed by atoms with Crippen molar-refractivity contribution < 1.29 is 9.53 Å². The Labute approximate surface area is 173 Å². The summed E-state index contributed by atoms with van der Waals surface area (Å²) < 4.78 is 7.59. The fourth-order valence-corrected chi connectivity index (χ4v) is 4.84. The normalized spacial score (nSPS) is 16.2. The summed E-state index contributed by atoms with van der Waals surface area (Å²) in [5.41, 5.74) is 3.59. The van der Waals surface area contributed by atoms with Gasteiger partial charge in [-0.1, -0.05) is 41.9 Å². The van der Waals surface area contributed by atoms with Gasteiger partial charge >= 0.3 is 0 Å². The van der Waals surface area contributed by atoms with Crippen LogP contribution in [0.2, 0.25) is 5.02 Å². The molecule has 7 heteroatoms. The molecule has 28 heavy (non-hydrogen) atoms. The van der Waals surface area contributed by atoms with E-state index in [0.29, 0.717) is 23.2 Å². The van der Waals surface area contributed by atoms with E-state index >= 15 is 0 Å². The maximum atomic E-state index is 12.5. The Kier molecular flexibility index (Phi) is 5.33. The number of rotatable bonds is 4. The summed E-state index contributed by atoms with van der Waals surface area (Å²) in [6, 6.07) is 15.4. The van der Waals surface area contributed by atoms with E-state index in [2.05, 4.69) is 11.4 Å². The smallest absolute Gasteiger partial charge is 0.235 e. The molecule has 2 aromatic carbocycles. The lowest BCUT2D eigenvalue weighted by molar-refractivity contribution is -0.113. The Balaban J connectivity index is 1.91. The van der Waals surface area contributed by atoms with Crippen molar-refractivity contribution in [2.24, 2.45) is 0 Å². The van der Waals surface area contributed by atoms with Crippen molar-refractivity contribution in [2.45, 2.75) is 19.1 Å². The maximum Gasteiger partial charge on any atom is 0.235 e. The predicted octanol–water partition coefficient (Wildman–Crippen LogP) is 5.01. The Hall–Kier alpha value is -2.44. The summed E-state index contributed by atoms with van der Waals surface area (Å²) in [4.78, 5) is 12.5. The van der Waals surface area contributed by atoms with Gasteiger partial charge in [0.15, 0.2) is 0 Å². The van der Waals surface area contributed by atoms with Crippen LogP contribution >= 0.6 is 23.4 Å². The number of hydrogen-bond donors (Lipinski definition) is 1. The molecule has 0 aliphatic carbocycles. The van der Waals surface area contributed by atoms with E-state index in [1.165, 1.54) is 0 Å². The molecule has 1 aliphatic heterocycles. The van der Waals surface area contributed by atoms with Crippen molar-refractivity contribution in [1.29, 1.82) is 0 Å². The minimum Gasteiger partial charge on any atom is -0.494 e. The fraction of sp³-hybridized carbons (Fsp3) is 0.238. The first kappa shape index (κ1) is 18.9. The summed E-state index contributed by atoms with van der Waals surface area (Å²) in [5.74, 6) is 1.78. The van der Waals surface area contributed by atoms with Crippen LogP contribution in [0.3, 0.4) is 0 Å². The van der Waals surface area contributed by atoms with Crippen molar-refractivity contribution in [3.63, 3.8) is 0 Å². The molecule has 0 unspecified atom stereocenters. The molecule has 1 N–H and O–H groups in total. The van der Waals surface area contributed by atoms with Crippen LogP contribution in [0.15, 0.2) is 48.5 Å². The highest BCUT2D eigenvalue weighted by Gasteiger charge is 2.32. The number of halogens is 1. The van der Waals surface area contributed by atoms with Crippen molar-refractivity contribution in [2.75, 3.05) is 17.7 Å². The van der Waals surface area contributed by atoms with Gasteiger partial charge in [0.05, 0.1) is 34.0 Å². The van der Waals surface area contributed by atoms with Crippen LogP contribution in [-0.2, 0) is 4.79 Å². The summed E-state index contributed by atoms with van der Waals surface area (Å²) in [6.45, 7) is 4.50. The number of nitrogens with zero attached hydrogens (tertiary/aromatic N) is 2. The standard InChI is InChI=1S/C21H20ClN3O2S/c1-3-27-17-11-7-4-8-14(17)20-19-13(2)24-25(16-10-6-5-9-15(16)22)21(19)23-18(26)12-28-20/h4-11,20H,3,12H2,1-2H3,(H,23,26)/t20-/m0/s1. The average molecular weight is 414 g/mol. The number of carbonyl (C=O) groups excluding carboxylic acids is 1. The minimum absolute atomic E-state index is 0.0594. The first-order valence-electron chi connectivity index (χ1n) is 9.07. The predicted molar refractivity (Wildman–Crippen MR) is 114 cm³/mol. The molecule has 0 radical (unpaired) electrons. The van der Waals surface area contributed by atoms with Gasteiger partial charge in [-0.2, -0.15) is 5.10 Å². The second-order valence-corrected chi connectivity index (χ2v) is 7.92. The lowest BCUT2D eigenvalue weighted by Crippen LogP contribution is -2.16. The summed E-state index contributed by atoms with van der Waals surface area (Å²) in [6.07, 6.45) is 0. The van der Waals surface area contributed by atoms with E-state index < -0.39 is 0 Å². The molecular weight excluding hydrogens is 394 g/mol. The number of fused-ring (bicyclic) bond motifs is 1. The Morgan fingerprint density at radius 3 is 2.79 bits per heavy atom. The highest BCUT2D eigenvalue weighted by atomic mass is 35.5. The van der Waals surface area contributed by atoms with Gasteiger partial charge in [0.2, 0.25) is 5.91 Å². The number of carbonyl (C=O) groups is 1. The quantitative estimate of drug-likeness (QED) is 0.653. The van der Waals surface area contributed by atoms with Gasteiger partial charge in [0.1, 0.15) is 11.6 Å². The Bertz CT molecular complexity index is 1030. The van der Waals surface area contributed by atoms with Crippen molar-refractivity contribution in [3.05, 3.63) is 70.4 Å². The van der Waals surface area contributed by atoms with Gasteiger partial charge in [-0.25, -0.2) is 4.68 Å². The number of thioether (sulfide) groups is 1. The Morgan fingerprint density at radius 2 is 2.00 bits per heavy atom. The van der Waals surface area contributed by atoms with Gasteiger partial charge in [-0.15, -0.1) is 11.8 Å². The number of aryl methyl sites for hydroxylation is 1. The highest BCUT2D eigenvalue weighted by molar-refractivity contribution is 8.00. The van der Waals surface area contributed by atoms with Gasteiger partial charge in [0.25, 0.3) is 0 Å². The minimum atomic E-state index is -0.0760. The molecule has 1 aliphatic rings. The highest BCUT2D eigenvalue weighted by Crippen LogP contribution is 2.46. The number of nitrogens with one attached hydrogen (secondary N) is 1. The zero-order chi connectivity index (χ0) is 19.7. The first-order valence-corrected chi connectivity index (χ1v) is 10.5. The van der Waals surface area contributed by atoms with E-state index in [-0.39, 0.29) is 11.2 Å². The van der Waals surface area contributed by atoms with E-state index in [1.54, 1.807) is 16.4 Å². The molecule has 2 heterocycles. The largest absolute Gasteiger partial charge is 0.494 e. The van der Waals surface area contributed by atoms with Crippen LogP contribution < -0.4 is 10.1 Å². The number of ether oxygens (including phenoxy) is 1.